The van der Waals surface area contributed by atoms with Gasteiger partial charge in [0.2, 0.25) is 0 Å². The molecule has 1 aromatic rings. The molecular formula is C17H28N4O. The number of piperidine rings is 1. The number of hydrogen-bond donors (Lipinski definition) is 1. The summed E-state index contributed by atoms with van der Waals surface area (Å²) in [6.07, 6.45) is 3.71. The van der Waals surface area contributed by atoms with Crippen LogP contribution in [0.5, 0.6) is 0 Å². The number of pyridine rings is 1. The molecule has 2 heterocycles. The quantitative estimate of drug-likeness (QED) is 0.838. The molecule has 1 N–H and O–H groups in total. The molecule has 1 amide bonds. The Hall–Kier alpha value is -1.62. The summed E-state index contributed by atoms with van der Waals surface area (Å²) in [6, 6.07) is 5.72. The third-order valence-corrected chi connectivity index (χ3v) is 4.26. The molecule has 5 nitrogen and oxygen atoms in total. The third-order valence-electron chi connectivity index (χ3n) is 4.26. The number of anilines is 1. The molecular weight excluding hydrogens is 276 g/mol. The summed E-state index contributed by atoms with van der Waals surface area (Å²) in [5.41, 5.74) is 0.516. The van der Waals surface area contributed by atoms with Crippen molar-refractivity contribution in [2.45, 2.75) is 33.1 Å². The lowest BCUT2D eigenvalue weighted by atomic mass is 10.1. The van der Waals surface area contributed by atoms with Crippen molar-refractivity contribution in [2.24, 2.45) is 0 Å². The van der Waals surface area contributed by atoms with Gasteiger partial charge in [-0.1, -0.05) is 19.9 Å². The molecule has 1 saturated heterocycles. The number of amides is 1. The van der Waals surface area contributed by atoms with Gasteiger partial charge < -0.3 is 15.1 Å². The largest absolute Gasteiger partial charge is 0.357 e. The minimum atomic E-state index is -0.0778. The molecule has 5 heteroatoms. The Bertz CT molecular complexity index is 467. The van der Waals surface area contributed by atoms with Crippen molar-refractivity contribution in [3.05, 3.63) is 23.9 Å². The van der Waals surface area contributed by atoms with Crippen molar-refractivity contribution in [3.8, 4) is 0 Å². The van der Waals surface area contributed by atoms with E-state index >= 15 is 0 Å². The Morgan fingerprint density at radius 2 is 1.95 bits per heavy atom. The van der Waals surface area contributed by atoms with Gasteiger partial charge >= 0.3 is 0 Å². The lowest BCUT2D eigenvalue weighted by Crippen LogP contribution is -2.35. The maximum atomic E-state index is 12.2. The van der Waals surface area contributed by atoms with Gasteiger partial charge in [-0.3, -0.25) is 4.79 Å². The van der Waals surface area contributed by atoms with Crippen LogP contribution >= 0.6 is 0 Å². The number of aromatic nitrogens is 1. The van der Waals surface area contributed by atoms with Gasteiger partial charge in [0.1, 0.15) is 11.5 Å². The predicted octanol–water partition coefficient (Wildman–Crippen LogP) is 2.14. The number of likely N-dealkylation sites (N-methyl/N-ethyl adjacent to an activating group) is 1. The van der Waals surface area contributed by atoms with Crippen LogP contribution in [0.15, 0.2) is 18.2 Å². The van der Waals surface area contributed by atoms with Gasteiger partial charge in [0.05, 0.1) is 0 Å². The van der Waals surface area contributed by atoms with E-state index in [1.54, 1.807) is 6.07 Å². The van der Waals surface area contributed by atoms with Gasteiger partial charge in [-0.15, -0.1) is 0 Å². The Morgan fingerprint density at radius 3 is 2.64 bits per heavy atom. The van der Waals surface area contributed by atoms with E-state index in [2.05, 4.69) is 33.9 Å². The van der Waals surface area contributed by atoms with Gasteiger partial charge in [-0.2, -0.15) is 0 Å². The molecule has 2 rings (SSSR count). The van der Waals surface area contributed by atoms with Crippen LogP contribution in [-0.2, 0) is 0 Å². The summed E-state index contributed by atoms with van der Waals surface area (Å²) < 4.78 is 0. The molecule has 0 unspecified atom stereocenters. The highest BCUT2D eigenvalue weighted by molar-refractivity contribution is 5.92. The molecule has 22 heavy (non-hydrogen) atoms. The van der Waals surface area contributed by atoms with E-state index in [1.165, 1.54) is 19.3 Å². The smallest absolute Gasteiger partial charge is 0.270 e. The van der Waals surface area contributed by atoms with E-state index in [0.717, 1.165) is 38.5 Å². The predicted molar refractivity (Wildman–Crippen MR) is 90.4 cm³/mol. The zero-order chi connectivity index (χ0) is 15.8. The zero-order valence-electron chi connectivity index (χ0n) is 13.8. The van der Waals surface area contributed by atoms with Gasteiger partial charge in [0.15, 0.2) is 0 Å². The van der Waals surface area contributed by atoms with Crippen LogP contribution in [0, 0.1) is 0 Å². The Morgan fingerprint density at radius 1 is 1.23 bits per heavy atom. The van der Waals surface area contributed by atoms with E-state index in [1.807, 2.05) is 12.1 Å². The third kappa shape index (κ3) is 4.70. The van der Waals surface area contributed by atoms with Gasteiger partial charge in [-0.25, -0.2) is 4.98 Å². The minimum Gasteiger partial charge on any atom is -0.357 e. The monoisotopic (exact) mass is 304 g/mol. The molecule has 1 aromatic heterocycles. The lowest BCUT2D eigenvalue weighted by molar-refractivity contribution is 0.0944. The van der Waals surface area contributed by atoms with Crippen molar-refractivity contribution in [1.82, 2.24) is 15.2 Å². The van der Waals surface area contributed by atoms with Crippen molar-refractivity contribution in [2.75, 3.05) is 44.2 Å². The maximum Gasteiger partial charge on any atom is 0.270 e. The molecule has 0 aromatic carbocycles. The average Bonchev–Trinajstić information content (AvgIpc) is 2.59. The van der Waals surface area contributed by atoms with Crippen LogP contribution in [0.25, 0.3) is 0 Å². The van der Waals surface area contributed by atoms with E-state index < -0.39 is 0 Å². The summed E-state index contributed by atoms with van der Waals surface area (Å²) in [6.45, 7) is 9.91. The second-order valence-electron chi connectivity index (χ2n) is 5.71. The zero-order valence-corrected chi connectivity index (χ0v) is 13.8. The lowest BCUT2D eigenvalue weighted by Gasteiger charge is -2.27. The van der Waals surface area contributed by atoms with Crippen LogP contribution in [0.1, 0.15) is 43.6 Å². The number of carbonyl (C=O) groups is 1. The van der Waals surface area contributed by atoms with Crippen LogP contribution < -0.4 is 10.2 Å². The SMILES string of the molecule is CCN(CC)CCNC(=O)c1cccc(N2CCCCC2)n1. The Labute approximate surface area is 133 Å². The van der Waals surface area contributed by atoms with Crippen molar-refractivity contribution in [3.63, 3.8) is 0 Å². The Balaban J connectivity index is 1.89. The van der Waals surface area contributed by atoms with Gasteiger partial charge in [0, 0.05) is 26.2 Å². The molecule has 0 atom stereocenters. The normalized spacial score (nSPS) is 15.1. The summed E-state index contributed by atoms with van der Waals surface area (Å²) in [4.78, 5) is 21.3. The summed E-state index contributed by atoms with van der Waals surface area (Å²) in [7, 11) is 0. The summed E-state index contributed by atoms with van der Waals surface area (Å²) in [5.74, 6) is 0.849. The highest BCUT2D eigenvalue weighted by Crippen LogP contribution is 2.17. The van der Waals surface area contributed by atoms with Crippen LogP contribution in [0.4, 0.5) is 5.82 Å². The number of nitrogens with zero attached hydrogens (tertiary/aromatic N) is 3. The molecule has 122 valence electrons. The van der Waals surface area contributed by atoms with Crippen molar-refractivity contribution < 1.29 is 4.79 Å². The highest BCUT2D eigenvalue weighted by atomic mass is 16.1. The summed E-state index contributed by atoms with van der Waals surface area (Å²) in [5, 5.41) is 2.97. The highest BCUT2D eigenvalue weighted by Gasteiger charge is 2.14. The van der Waals surface area contributed by atoms with Gasteiger partial charge in [0.25, 0.3) is 5.91 Å². The standard InChI is InChI=1S/C17H28N4O/c1-3-20(4-2)14-11-18-17(22)15-9-8-10-16(19-15)21-12-6-5-7-13-21/h8-10H,3-7,11-14H2,1-2H3,(H,18,22). The number of carbonyl (C=O) groups excluding carboxylic acids is 1. The molecule has 1 aliphatic rings. The van der Waals surface area contributed by atoms with E-state index in [0.29, 0.717) is 12.2 Å². The van der Waals surface area contributed by atoms with E-state index in [9.17, 15) is 4.79 Å². The average molecular weight is 304 g/mol. The summed E-state index contributed by atoms with van der Waals surface area (Å²) >= 11 is 0. The molecule has 0 spiro atoms. The molecule has 0 saturated carbocycles. The first-order valence-corrected chi connectivity index (χ1v) is 8.47. The van der Waals surface area contributed by atoms with E-state index in [4.69, 9.17) is 0 Å². The Kier molecular flexibility index (Phi) is 6.65. The fourth-order valence-electron chi connectivity index (χ4n) is 2.81. The molecule has 0 radical (unpaired) electrons. The number of nitrogens with one attached hydrogen (secondary N) is 1. The maximum absolute atomic E-state index is 12.2. The first-order valence-electron chi connectivity index (χ1n) is 8.47. The topological polar surface area (TPSA) is 48.5 Å². The second-order valence-corrected chi connectivity index (χ2v) is 5.71. The first-order chi connectivity index (χ1) is 10.7. The fraction of sp³-hybridized carbons (Fsp3) is 0.647. The van der Waals surface area contributed by atoms with Crippen molar-refractivity contribution in [1.29, 1.82) is 0 Å². The van der Waals surface area contributed by atoms with Crippen LogP contribution in [0.2, 0.25) is 0 Å². The van der Waals surface area contributed by atoms with Crippen LogP contribution in [-0.4, -0.2) is 55.1 Å². The van der Waals surface area contributed by atoms with E-state index in [-0.39, 0.29) is 5.91 Å². The molecule has 1 fully saturated rings. The number of rotatable bonds is 7. The minimum absolute atomic E-state index is 0.0778. The first kappa shape index (κ1) is 16.7. The van der Waals surface area contributed by atoms with Crippen molar-refractivity contribution >= 4 is 11.7 Å². The molecule has 0 aliphatic carbocycles. The van der Waals surface area contributed by atoms with Crippen LogP contribution in [0.3, 0.4) is 0 Å². The fourth-order valence-corrected chi connectivity index (χ4v) is 2.81. The molecule has 1 aliphatic heterocycles. The second kappa shape index (κ2) is 8.73. The molecule has 0 bridgehead atoms. The van der Waals surface area contributed by atoms with Gasteiger partial charge in [-0.05, 0) is 44.5 Å². The number of hydrogen-bond acceptors (Lipinski definition) is 4.